The van der Waals surface area contributed by atoms with Crippen LogP contribution in [0.5, 0.6) is 0 Å². The molecule has 2 aliphatic heterocycles. The number of carbonyl (C=O) groups excluding carboxylic acids is 3. The van der Waals surface area contributed by atoms with E-state index in [1.807, 2.05) is 0 Å². The highest BCUT2D eigenvalue weighted by molar-refractivity contribution is 5.89. The van der Waals surface area contributed by atoms with E-state index in [-0.39, 0.29) is 29.9 Å². The third kappa shape index (κ3) is 4.85. The molecular formula is C17H29N3O4. The number of rotatable bonds is 5. The van der Waals surface area contributed by atoms with E-state index in [2.05, 4.69) is 19.2 Å². The molecule has 24 heavy (non-hydrogen) atoms. The lowest BCUT2D eigenvalue weighted by atomic mass is 10.0. The van der Waals surface area contributed by atoms with E-state index in [1.165, 1.54) is 0 Å². The number of piperidine rings is 1. The van der Waals surface area contributed by atoms with E-state index >= 15 is 0 Å². The monoisotopic (exact) mass is 339 g/mol. The summed E-state index contributed by atoms with van der Waals surface area (Å²) in [5, 5.41) is 3.05. The van der Waals surface area contributed by atoms with E-state index in [9.17, 15) is 14.4 Å². The zero-order chi connectivity index (χ0) is 17.7. The van der Waals surface area contributed by atoms with Gasteiger partial charge in [0.25, 0.3) is 0 Å². The Kier molecular flexibility index (Phi) is 6.45. The predicted octanol–water partition coefficient (Wildman–Crippen LogP) is 1.23. The summed E-state index contributed by atoms with van der Waals surface area (Å²) in [6.07, 6.45) is 1.47. The molecule has 2 aliphatic rings. The lowest BCUT2D eigenvalue weighted by Gasteiger charge is -2.32. The Morgan fingerprint density at radius 3 is 2.54 bits per heavy atom. The van der Waals surface area contributed by atoms with Crippen LogP contribution in [0.4, 0.5) is 4.79 Å². The summed E-state index contributed by atoms with van der Waals surface area (Å²) < 4.78 is 4.99. The van der Waals surface area contributed by atoms with Crippen LogP contribution in [0, 0.1) is 11.8 Å². The fourth-order valence-electron chi connectivity index (χ4n) is 3.31. The van der Waals surface area contributed by atoms with Gasteiger partial charge in [-0.15, -0.1) is 0 Å². The van der Waals surface area contributed by atoms with Crippen LogP contribution in [0.1, 0.15) is 40.0 Å². The van der Waals surface area contributed by atoms with Crippen molar-refractivity contribution in [1.82, 2.24) is 15.1 Å². The maximum Gasteiger partial charge on any atom is 0.409 e. The van der Waals surface area contributed by atoms with Crippen molar-refractivity contribution >= 4 is 17.9 Å². The second-order valence-corrected chi connectivity index (χ2v) is 7.06. The van der Waals surface area contributed by atoms with Crippen molar-refractivity contribution in [2.45, 2.75) is 46.1 Å². The SMILES string of the molecule is CCOC(=O)N1CCC(NC(=O)[C@@H]2CC(=O)N(CC(C)C)C2)CC1. The van der Waals surface area contributed by atoms with Gasteiger partial charge in [0.15, 0.2) is 0 Å². The van der Waals surface area contributed by atoms with Crippen molar-refractivity contribution in [2.75, 3.05) is 32.8 Å². The second kappa shape index (κ2) is 8.35. The first-order chi connectivity index (χ1) is 11.4. The van der Waals surface area contributed by atoms with Crippen LogP contribution in [-0.4, -0.2) is 66.5 Å². The van der Waals surface area contributed by atoms with Crippen LogP contribution < -0.4 is 5.32 Å². The van der Waals surface area contributed by atoms with E-state index < -0.39 is 0 Å². The van der Waals surface area contributed by atoms with Gasteiger partial charge < -0.3 is 19.9 Å². The number of amides is 3. The minimum Gasteiger partial charge on any atom is -0.450 e. The van der Waals surface area contributed by atoms with Gasteiger partial charge in [-0.2, -0.15) is 0 Å². The molecule has 0 aromatic heterocycles. The zero-order valence-corrected chi connectivity index (χ0v) is 14.9. The molecule has 0 aliphatic carbocycles. The van der Waals surface area contributed by atoms with Gasteiger partial charge in [-0.25, -0.2) is 4.79 Å². The van der Waals surface area contributed by atoms with Crippen molar-refractivity contribution in [2.24, 2.45) is 11.8 Å². The van der Waals surface area contributed by atoms with E-state index in [0.717, 1.165) is 12.8 Å². The third-order valence-electron chi connectivity index (χ3n) is 4.54. The summed E-state index contributed by atoms with van der Waals surface area (Å²) in [5.41, 5.74) is 0. The molecule has 7 nitrogen and oxygen atoms in total. The Hall–Kier alpha value is -1.79. The Labute approximate surface area is 143 Å². The summed E-state index contributed by atoms with van der Waals surface area (Å²) in [6, 6.07) is 0.0671. The molecule has 3 amide bonds. The molecule has 0 aromatic rings. The quantitative estimate of drug-likeness (QED) is 0.817. The molecule has 1 atom stereocenters. The number of likely N-dealkylation sites (tertiary alicyclic amines) is 2. The van der Waals surface area contributed by atoms with Crippen LogP contribution in [0.3, 0.4) is 0 Å². The molecule has 2 saturated heterocycles. The highest BCUT2D eigenvalue weighted by Crippen LogP contribution is 2.20. The fraction of sp³-hybridized carbons (Fsp3) is 0.824. The van der Waals surface area contributed by atoms with Crippen molar-refractivity contribution in [1.29, 1.82) is 0 Å². The number of nitrogens with zero attached hydrogens (tertiary/aromatic N) is 2. The van der Waals surface area contributed by atoms with Crippen molar-refractivity contribution < 1.29 is 19.1 Å². The highest BCUT2D eigenvalue weighted by Gasteiger charge is 2.35. The van der Waals surface area contributed by atoms with E-state index in [0.29, 0.717) is 45.1 Å². The average Bonchev–Trinajstić information content (AvgIpc) is 2.88. The first-order valence-corrected chi connectivity index (χ1v) is 8.90. The molecule has 0 bridgehead atoms. The largest absolute Gasteiger partial charge is 0.450 e. The highest BCUT2D eigenvalue weighted by atomic mass is 16.6. The normalized spacial score (nSPS) is 22.2. The molecule has 0 radical (unpaired) electrons. The first-order valence-electron chi connectivity index (χ1n) is 8.90. The fourth-order valence-corrected chi connectivity index (χ4v) is 3.31. The predicted molar refractivity (Wildman–Crippen MR) is 89.3 cm³/mol. The van der Waals surface area contributed by atoms with Crippen LogP contribution >= 0.6 is 0 Å². The Bertz CT molecular complexity index is 472. The van der Waals surface area contributed by atoms with Gasteiger partial charge >= 0.3 is 6.09 Å². The van der Waals surface area contributed by atoms with Gasteiger partial charge in [0.2, 0.25) is 11.8 Å². The molecule has 2 heterocycles. The van der Waals surface area contributed by atoms with Gasteiger partial charge in [-0.05, 0) is 25.7 Å². The Balaban J connectivity index is 1.76. The summed E-state index contributed by atoms with van der Waals surface area (Å²) in [7, 11) is 0. The third-order valence-corrected chi connectivity index (χ3v) is 4.54. The summed E-state index contributed by atoms with van der Waals surface area (Å²) >= 11 is 0. The smallest absolute Gasteiger partial charge is 0.409 e. The number of ether oxygens (including phenoxy) is 1. The van der Waals surface area contributed by atoms with Gasteiger partial charge in [0.05, 0.1) is 12.5 Å². The molecule has 136 valence electrons. The molecule has 0 aromatic carbocycles. The molecule has 0 unspecified atom stereocenters. The number of nitrogens with one attached hydrogen (secondary N) is 1. The maximum absolute atomic E-state index is 12.4. The van der Waals surface area contributed by atoms with E-state index in [4.69, 9.17) is 4.74 Å². The molecule has 0 spiro atoms. The van der Waals surface area contributed by atoms with Crippen LogP contribution in [0.2, 0.25) is 0 Å². The molecule has 2 fully saturated rings. The van der Waals surface area contributed by atoms with Crippen LogP contribution in [0.25, 0.3) is 0 Å². The topological polar surface area (TPSA) is 79.0 Å². The minimum atomic E-state index is -0.284. The van der Waals surface area contributed by atoms with E-state index in [1.54, 1.807) is 16.7 Å². The van der Waals surface area contributed by atoms with Crippen LogP contribution in [-0.2, 0) is 14.3 Å². The number of hydrogen-bond donors (Lipinski definition) is 1. The number of hydrogen-bond acceptors (Lipinski definition) is 4. The molecular weight excluding hydrogens is 310 g/mol. The van der Waals surface area contributed by atoms with Gasteiger partial charge in [0.1, 0.15) is 0 Å². The molecule has 2 rings (SSSR count). The molecule has 1 N–H and O–H groups in total. The summed E-state index contributed by atoms with van der Waals surface area (Å²) in [6.45, 7) is 8.70. The van der Waals surface area contributed by atoms with Crippen molar-refractivity contribution in [3.8, 4) is 0 Å². The summed E-state index contributed by atoms with van der Waals surface area (Å²) in [5.74, 6) is 0.187. The van der Waals surface area contributed by atoms with Gasteiger partial charge in [-0.1, -0.05) is 13.8 Å². The Morgan fingerprint density at radius 1 is 1.29 bits per heavy atom. The van der Waals surface area contributed by atoms with Gasteiger partial charge in [0, 0.05) is 38.6 Å². The minimum absolute atomic E-state index is 0.0378. The standard InChI is InChI=1S/C17H29N3O4/c1-4-24-17(23)19-7-5-14(6-8-19)18-16(22)13-9-15(21)20(11-13)10-12(2)3/h12-14H,4-11H2,1-3H3,(H,18,22)/t13-/m1/s1. The lowest BCUT2D eigenvalue weighted by molar-refractivity contribution is -0.129. The first kappa shape index (κ1) is 18.5. The van der Waals surface area contributed by atoms with Crippen LogP contribution in [0.15, 0.2) is 0 Å². The van der Waals surface area contributed by atoms with Crippen molar-refractivity contribution in [3.05, 3.63) is 0 Å². The Morgan fingerprint density at radius 2 is 1.96 bits per heavy atom. The van der Waals surface area contributed by atoms with Crippen molar-refractivity contribution in [3.63, 3.8) is 0 Å². The zero-order valence-electron chi connectivity index (χ0n) is 14.9. The number of carbonyl (C=O) groups is 3. The lowest BCUT2D eigenvalue weighted by Crippen LogP contribution is -2.48. The maximum atomic E-state index is 12.4. The molecule has 7 heteroatoms. The summed E-state index contributed by atoms with van der Waals surface area (Å²) in [4.78, 5) is 39.5. The average molecular weight is 339 g/mol. The van der Waals surface area contributed by atoms with Gasteiger partial charge in [-0.3, -0.25) is 9.59 Å². The molecule has 0 saturated carbocycles. The second-order valence-electron chi connectivity index (χ2n) is 7.06.